The summed E-state index contributed by atoms with van der Waals surface area (Å²) in [6.07, 6.45) is 0. The van der Waals surface area contributed by atoms with E-state index in [4.69, 9.17) is 15.0 Å². The fraction of sp³-hybridized carbons (Fsp3) is 0.533. The zero-order valence-electron chi connectivity index (χ0n) is 14.0. The van der Waals surface area contributed by atoms with Gasteiger partial charge in [-0.3, -0.25) is 9.63 Å². The van der Waals surface area contributed by atoms with Gasteiger partial charge in [0.05, 0.1) is 12.7 Å². The summed E-state index contributed by atoms with van der Waals surface area (Å²) in [4.78, 5) is 17.1. The van der Waals surface area contributed by atoms with E-state index in [9.17, 15) is 4.79 Å². The van der Waals surface area contributed by atoms with Crippen molar-refractivity contribution in [2.45, 2.75) is 38.9 Å². The molecule has 1 amide bonds. The Morgan fingerprint density at radius 3 is 2.33 bits per heavy atom. The lowest BCUT2D eigenvalue weighted by molar-refractivity contribution is -0.0756. The Hall–Kier alpha value is -1.53. The number of nitrogens with zero attached hydrogens (tertiary/aromatic N) is 1. The van der Waals surface area contributed by atoms with E-state index in [-0.39, 0.29) is 10.9 Å². The van der Waals surface area contributed by atoms with Crippen molar-refractivity contribution < 1.29 is 14.1 Å². The number of carbonyl (C=O) groups is 1. The molecule has 0 fully saturated rings. The molecule has 21 heavy (non-hydrogen) atoms. The average molecular weight is 310 g/mol. The van der Waals surface area contributed by atoms with Crippen molar-refractivity contribution in [2.75, 3.05) is 19.9 Å². The number of hydrogen-bond acceptors (Lipinski definition) is 4. The van der Waals surface area contributed by atoms with Crippen molar-refractivity contribution in [2.24, 2.45) is 0 Å². The Morgan fingerprint density at radius 1 is 1.29 bits per heavy atom. The molecule has 0 bridgehead atoms. The molecule has 0 atom stereocenters. The highest BCUT2D eigenvalue weighted by Crippen LogP contribution is 2.37. The van der Waals surface area contributed by atoms with Crippen molar-refractivity contribution in [1.82, 2.24) is 5.06 Å². The Bertz CT molecular complexity index is 524. The Morgan fingerprint density at radius 2 is 1.86 bits per heavy atom. The van der Waals surface area contributed by atoms with E-state index in [0.717, 1.165) is 5.06 Å². The maximum Gasteiger partial charge on any atom is 0.279 e. The second-order valence-electron chi connectivity index (χ2n) is 6.60. The molecule has 0 aliphatic rings. The molecule has 0 saturated heterocycles. The van der Waals surface area contributed by atoms with Crippen LogP contribution in [0.15, 0.2) is 18.2 Å². The topological polar surface area (TPSA) is 64.8 Å². The summed E-state index contributed by atoms with van der Waals surface area (Å²) in [7, 11) is 1.03. The third kappa shape index (κ3) is 3.98. The van der Waals surface area contributed by atoms with Crippen LogP contribution in [-0.4, -0.2) is 33.4 Å². The average Bonchev–Trinajstić information content (AvgIpc) is 2.37. The predicted molar refractivity (Wildman–Crippen MR) is 87.8 cm³/mol. The fourth-order valence-corrected chi connectivity index (χ4v) is 2.51. The van der Waals surface area contributed by atoms with E-state index in [1.165, 1.54) is 7.11 Å². The highest BCUT2D eigenvalue weighted by Gasteiger charge is 2.39. The first-order valence-corrected chi connectivity index (χ1v) is 9.81. The monoisotopic (exact) mass is 310 g/mol. The second kappa shape index (κ2) is 6.07. The van der Waals surface area contributed by atoms with E-state index < -0.39 is 8.32 Å². The number of hydrogen-bond donors (Lipinski definition) is 1. The van der Waals surface area contributed by atoms with Gasteiger partial charge in [-0.1, -0.05) is 20.8 Å². The minimum Gasteiger partial charge on any atom is -0.543 e. The first kappa shape index (κ1) is 17.5. The SMILES string of the molecule is CON(C)C(=O)c1cc(O[Si](C)(C)C(C)(C)C)ccc1N. The van der Waals surface area contributed by atoms with Crippen LogP contribution in [0.25, 0.3) is 0 Å². The molecule has 1 aromatic carbocycles. The Kier molecular flexibility index (Phi) is 5.06. The Labute approximate surface area is 128 Å². The van der Waals surface area contributed by atoms with Gasteiger partial charge in [0.2, 0.25) is 8.32 Å². The van der Waals surface area contributed by atoms with E-state index in [1.807, 2.05) is 0 Å². The molecule has 1 rings (SSSR count). The molecule has 0 aliphatic heterocycles. The summed E-state index contributed by atoms with van der Waals surface area (Å²) < 4.78 is 6.20. The molecular formula is C15H26N2O3Si. The molecular weight excluding hydrogens is 284 g/mol. The standard InChI is InChI=1S/C15H26N2O3Si/c1-15(2,3)21(6,7)20-11-8-9-13(16)12(10-11)14(18)17(4)19-5/h8-10H,16H2,1-7H3. The summed E-state index contributed by atoms with van der Waals surface area (Å²) in [5, 5.41) is 1.23. The smallest absolute Gasteiger partial charge is 0.279 e. The van der Waals surface area contributed by atoms with Gasteiger partial charge in [0.1, 0.15) is 5.75 Å². The first-order chi connectivity index (χ1) is 9.49. The molecule has 0 radical (unpaired) electrons. The van der Waals surface area contributed by atoms with Crippen molar-refractivity contribution in [1.29, 1.82) is 0 Å². The van der Waals surface area contributed by atoms with E-state index in [2.05, 4.69) is 33.9 Å². The van der Waals surface area contributed by atoms with Crippen LogP contribution in [0.4, 0.5) is 5.69 Å². The van der Waals surface area contributed by atoms with Crippen molar-refractivity contribution in [3.63, 3.8) is 0 Å². The van der Waals surface area contributed by atoms with Gasteiger partial charge in [-0.15, -0.1) is 0 Å². The summed E-state index contributed by atoms with van der Waals surface area (Å²) in [5.41, 5.74) is 6.68. The van der Waals surface area contributed by atoms with Crippen LogP contribution < -0.4 is 10.2 Å². The van der Waals surface area contributed by atoms with Gasteiger partial charge < -0.3 is 10.2 Å². The maximum atomic E-state index is 12.2. The number of rotatable bonds is 4. The number of benzene rings is 1. The largest absolute Gasteiger partial charge is 0.543 e. The van der Waals surface area contributed by atoms with E-state index >= 15 is 0 Å². The third-order valence-corrected chi connectivity index (χ3v) is 8.35. The number of carbonyl (C=O) groups excluding carboxylic acids is 1. The van der Waals surface area contributed by atoms with Gasteiger partial charge in [0.15, 0.2) is 0 Å². The van der Waals surface area contributed by atoms with Gasteiger partial charge >= 0.3 is 0 Å². The molecule has 0 unspecified atom stereocenters. The molecule has 0 aromatic heterocycles. The van der Waals surface area contributed by atoms with Gasteiger partial charge in [0, 0.05) is 12.7 Å². The highest BCUT2D eigenvalue weighted by molar-refractivity contribution is 6.74. The lowest BCUT2D eigenvalue weighted by Gasteiger charge is -2.36. The van der Waals surface area contributed by atoms with Crippen LogP contribution >= 0.6 is 0 Å². The summed E-state index contributed by atoms with van der Waals surface area (Å²) >= 11 is 0. The molecule has 0 heterocycles. The summed E-state index contributed by atoms with van der Waals surface area (Å²) in [6.45, 7) is 10.8. The van der Waals surface area contributed by atoms with Crippen LogP contribution in [-0.2, 0) is 4.84 Å². The van der Waals surface area contributed by atoms with Crippen LogP contribution in [0.5, 0.6) is 5.75 Å². The number of hydroxylamine groups is 2. The predicted octanol–water partition coefficient (Wildman–Crippen LogP) is 3.29. The number of amides is 1. The molecule has 0 saturated carbocycles. The molecule has 118 valence electrons. The van der Waals surface area contributed by atoms with Crippen molar-refractivity contribution in [3.8, 4) is 5.75 Å². The van der Waals surface area contributed by atoms with Crippen LogP contribution in [0.1, 0.15) is 31.1 Å². The summed E-state index contributed by atoms with van der Waals surface area (Å²) in [6, 6.07) is 5.19. The number of nitrogen functional groups attached to an aromatic ring is 1. The highest BCUT2D eigenvalue weighted by atomic mass is 28.4. The van der Waals surface area contributed by atoms with Gasteiger partial charge in [-0.2, -0.15) is 0 Å². The summed E-state index contributed by atoms with van der Waals surface area (Å²) in [5.74, 6) is 0.374. The molecule has 5 nitrogen and oxygen atoms in total. The second-order valence-corrected chi connectivity index (χ2v) is 11.3. The third-order valence-electron chi connectivity index (χ3n) is 3.99. The minimum atomic E-state index is -1.95. The lowest BCUT2D eigenvalue weighted by atomic mass is 10.1. The molecule has 0 aliphatic carbocycles. The van der Waals surface area contributed by atoms with Crippen LogP contribution in [0, 0.1) is 0 Å². The number of anilines is 1. The van der Waals surface area contributed by atoms with Crippen LogP contribution in [0.3, 0.4) is 0 Å². The number of nitrogens with two attached hydrogens (primary N) is 1. The quantitative estimate of drug-likeness (QED) is 0.526. The minimum absolute atomic E-state index is 0.0852. The Balaban J connectivity index is 3.11. The van der Waals surface area contributed by atoms with E-state index in [1.54, 1.807) is 25.2 Å². The van der Waals surface area contributed by atoms with E-state index in [0.29, 0.717) is 17.0 Å². The zero-order chi connectivity index (χ0) is 16.4. The lowest BCUT2D eigenvalue weighted by Crippen LogP contribution is -2.43. The van der Waals surface area contributed by atoms with Crippen LogP contribution in [0.2, 0.25) is 18.1 Å². The van der Waals surface area contributed by atoms with Crippen molar-refractivity contribution >= 4 is 19.9 Å². The van der Waals surface area contributed by atoms with Gasteiger partial charge in [-0.05, 0) is 36.3 Å². The van der Waals surface area contributed by atoms with Gasteiger partial charge in [0.25, 0.3) is 5.91 Å². The maximum absolute atomic E-state index is 12.2. The zero-order valence-corrected chi connectivity index (χ0v) is 15.0. The molecule has 1 aromatic rings. The first-order valence-electron chi connectivity index (χ1n) is 6.90. The fourth-order valence-electron chi connectivity index (χ4n) is 1.48. The molecule has 0 spiro atoms. The van der Waals surface area contributed by atoms with Crippen molar-refractivity contribution in [3.05, 3.63) is 23.8 Å². The molecule has 2 N–H and O–H groups in total. The normalized spacial score (nSPS) is 12.1. The van der Waals surface area contributed by atoms with Gasteiger partial charge in [-0.25, -0.2) is 5.06 Å². The molecule has 6 heteroatoms.